The highest BCUT2D eigenvalue weighted by molar-refractivity contribution is 9.10. The van der Waals surface area contributed by atoms with E-state index in [-0.39, 0.29) is 0 Å². The fraction of sp³-hybridized carbons (Fsp3) is 0.455. The molecule has 0 bridgehead atoms. The molecular formula is C11H15BrN2S. The SMILES string of the molecule is NCC1CSCCN1c1ccc(Br)cc1. The molecule has 1 heterocycles. The van der Waals surface area contributed by atoms with Crippen molar-refractivity contribution in [1.29, 1.82) is 0 Å². The molecule has 2 rings (SSSR count). The van der Waals surface area contributed by atoms with Gasteiger partial charge in [0.25, 0.3) is 0 Å². The third kappa shape index (κ3) is 2.68. The Balaban J connectivity index is 2.16. The van der Waals surface area contributed by atoms with Crippen molar-refractivity contribution < 1.29 is 0 Å². The molecule has 1 aliphatic rings. The molecule has 15 heavy (non-hydrogen) atoms. The first-order valence-electron chi connectivity index (χ1n) is 5.11. The Kier molecular flexibility index (Phi) is 3.94. The van der Waals surface area contributed by atoms with Gasteiger partial charge in [0.05, 0.1) is 6.04 Å². The number of anilines is 1. The molecule has 1 aromatic carbocycles. The highest BCUT2D eigenvalue weighted by Crippen LogP contribution is 2.24. The number of thioether (sulfide) groups is 1. The third-order valence-electron chi connectivity index (χ3n) is 2.66. The van der Waals surface area contributed by atoms with Crippen LogP contribution in [-0.2, 0) is 0 Å². The average molecular weight is 287 g/mol. The van der Waals surface area contributed by atoms with Gasteiger partial charge in [0.1, 0.15) is 0 Å². The van der Waals surface area contributed by atoms with E-state index >= 15 is 0 Å². The van der Waals surface area contributed by atoms with Gasteiger partial charge in [-0.3, -0.25) is 0 Å². The number of benzene rings is 1. The van der Waals surface area contributed by atoms with Crippen LogP contribution in [0.15, 0.2) is 28.7 Å². The zero-order valence-corrected chi connectivity index (χ0v) is 10.9. The maximum atomic E-state index is 5.80. The van der Waals surface area contributed by atoms with Crippen LogP contribution < -0.4 is 10.6 Å². The van der Waals surface area contributed by atoms with Crippen molar-refractivity contribution in [2.45, 2.75) is 6.04 Å². The fourth-order valence-corrected chi connectivity index (χ4v) is 3.17. The van der Waals surface area contributed by atoms with E-state index in [0.717, 1.165) is 23.3 Å². The van der Waals surface area contributed by atoms with Crippen LogP contribution in [0.1, 0.15) is 0 Å². The second-order valence-corrected chi connectivity index (χ2v) is 5.70. The Morgan fingerprint density at radius 3 is 2.80 bits per heavy atom. The van der Waals surface area contributed by atoms with E-state index in [4.69, 9.17) is 5.73 Å². The van der Waals surface area contributed by atoms with Crippen LogP contribution >= 0.6 is 27.7 Å². The molecule has 1 fully saturated rings. The monoisotopic (exact) mass is 286 g/mol. The first-order valence-corrected chi connectivity index (χ1v) is 7.06. The molecule has 1 saturated heterocycles. The lowest BCUT2D eigenvalue weighted by Crippen LogP contribution is -2.46. The number of nitrogens with zero attached hydrogens (tertiary/aromatic N) is 1. The van der Waals surface area contributed by atoms with Crippen LogP contribution in [-0.4, -0.2) is 30.6 Å². The summed E-state index contributed by atoms with van der Waals surface area (Å²) < 4.78 is 1.13. The van der Waals surface area contributed by atoms with Crippen molar-refractivity contribution in [2.24, 2.45) is 5.73 Å². The molecule has 0 radical (unpaired) electrons. The summed E-state index contributed by atoms with van der Waals surface area (Å²) in [4.78, 5) is 2.42. The molecule has 2 nitrogen and oxygen atoms in total. The Labute approximate surface area is 103 Å². The van der Waals surface area contributed by atoms with Gasteiger partial charge in [-0.05, 0) is 24.3 Å². The molecule has 1 aromatic rings. The number of hydrogen-bond donors (Lipinski definition) is 1. The highest BCUT2D eigenvalue weighted by atomic mass is 79.9. The third-order valence-corrected chi connectivity index (χ3v) is 4.28. The predicted octanol–water partition coefficient (Wildman–Crippen LogP) is 2.33. The molecule has 0 spiro atoms. The van der Waals surface area contributed by atoms with Crippen LogP contribution in [0.25, 0.3) is 0 Å². The minimum atomic E-state index is 0.491. The van der Waals surface area contributed by atoms with Gasteiger partial charge in [0.2, 0.25) is 0 Å². The molecule has 2 N–H and O–H groups in total. The lowest BCUT2D eigenvalue weighted by atomic mass is 10.2. The summed E-state index contributed by atoms with van der Waals surface area (Å²) in [5.74, 6) is 2.35. The van der Waals surface area contributed by atoms with Crippen LogP contribution in [0.2, 0.25) is 0 Å². The predicted molar refractivity (Wildman–Crippen MR) is 71.7 cm³/mol. The van der Waals surface area contributed by atoms with E-state index in [1.54, 1.807) is 0 Å². The Hall–Kier alpha value is -0.190. The van der Waals surface area contributed by atoms with Crippen LogP contribution in [0.3, 0.4) is 0 Å². The molecular weight excluding hydrogens is 272 g/mol. The van der Waals surface area contributed by atoms with E-state index in [1.165, 1.54) is 11.4 Å². The van der Waals surface area contributed by atoms with Crippen molar-refractivity contribution in [2.75, 3.05) is 29.5 Å². The van der Waals surface area contributed by atoms with Gasteiger partial charge in [0, 0.05) is 34.8 Å². The summed E-state index contributed by atoms with van der Waals surface area (Å²) in [7, 11) is 0. The molecule has 4 heteroatoms. The second-order valence-electron chi connectivity index (χ2n) is 3.63. The smallest absolute Gasteiger partial charge is 0.0503 e. The summed E-state index contributed by atoms with van der Waals surface area (Å²) in [5, 5.41) is 0. The molecule has 1 aliphatic heterocycles. The maximum Gasteiger partial charge on any atom is 0.0503 e. The van der Waals surface area contributed by atoms with Crippen molar-refractivity contribution in [1.82, 2.24) is 0 Å². The molecule has 82 valence electrons. The Morgan fingerprint density at radius 2 is 2.13 bits per heavy atom. The summed E-state index contributed by atoms with van der Waals surface area (Å²) in [6, 6.07) is 8.98. The molecule has 1 unspecified atom stereocenters. The van der Waals surface area contributed by atoms with Crippen molar-refractivity contribution in [3.05, 3.63) is 28.7 Å². The number of hydrogen-bond acceptors (Lipinski definition) is 3. The van der Waals surface area contributed by atoms with Gasteiger partial charge in [-0.25, -0.2) is 0 Å². The Morgan fingerprint density at radius 1 is 1.40 bits per heavy atom. The van der Waals surface area contributed by atoms with E-state index < -0.39 is 0 Å². The normalized spacial score (nSPS) is 21.7. The molecule has 0 aliphatic carbocycles. The first-order chi connectivity index (χ1) is 7.31. The summed E-state index contributed by atoms with van der Waals surface area (Å²) in [6.45, 7) is 1.84. The number of halogens is 1. The van der Waals surface area contributed by atoms with Crippen molar-refractivity contribution in [3.63, 3.8) is 0 Å². The largest absolute Gasteiger partial charge is 0.366 e. The van der Waals surface area contributed by atoms with Gasteiger partial charge in [-0.2, -0.15) is 11.8 Å². The van der Waals surface area contributed by atoms with Crippen LogP contribution in [0.5, 0.6) is 0 Å². The minimum Gasteiger partial charge on any atom is -0.366 e. The van der Waals surface area contributed by atoms with Crippen LogP contribution in [0.4, 0.5) is 5.69 Å². The van der Waals surface area contributed by atoms with E-state index in [9.17, 15) is 0 Å². The highest BCUT2D eigenvalue weighted by Gasteiger charge is 2.21. The molecule has 0 saturated carbocycles. The van der Waals surface area contributed by atoms with Gasteiger partial charge >= 0.3 is 0 Å². The zero-order valence-electron chi connectivity index (χ0n) is 8.53. The second kappa shape index (κ2) is 5.23. The molecule has 1 atom stereocenters. The molecule has 0 amide bonds. The van der Waals surface area contributed by atoms with E-state index in [1.807, 2.05) is 11.8 Å². The molecule has 0 aromatic heterocycles. The zero-order chi connectivity index (χ0) is 10.7. The van der Waals surface area contributed by atoms with Gasteiger partial charge in [-0.15, -0.1) is 0 Å². The lowest BCUT2D eigenvalue weighted by Gasteiger charge is -2.36. The van der Waals surface area contributed by atoms with Crippen molar-refractivity contribution >= 4 is 33.4 Å². The Bertz CT molecular complexity index is 315. The van der Waals surface area contributed by atoms with Crippen molar-refractivity contribution in [3.8, 4) is 0 Å². The topological polar surface area (TPSA) is 29.3 Å². The maximum absolute atomic E-state index is 5.80. The summed E-state index contributed by atoms with van der Waals surface area (Å²) in [5.41, 5.74) is 7.08. The first kappa shape index (κ1) is 11.3. The quantitative estimate of drug-likeness (QED) is 0.905. The summed E-state index contributed by atoms with van der Waals surface area (Å²) in [6.07, 6.45) is 0. The number of nitrogens with two attached hydrogens (primary N) is 1. The number of rotatable bonds is 2. The van der Waals surface area contributed by atoms with E-state index in [2.05, 4.69) is 45.1 Å². The van der Waals surface area contributed by atoms with E-state index in [0.29, 0.717) is 6.04 Å². The van der Waals surface area contributed by atoms with Gasteiger partial charge in [0.15, 0.2) is 0 Å². The van der Waals surface area contributed by atoms with Gasteiger partial charge < -0.3 is 10.6 Å². The lowest BCUT2D eigenvalue weighted by molar-refractivity contribution is 0.655. The van der Waals surface area contributed by atoms with Crippen LogP contribution in [0, 0.1) is 0 Å². The summed E-state index contributed by atoms with van der Waals surface area (Å²) >= 11 is 5.45. The standard InChI is InChI=1S/C11H15BrN2S/c12-9-1-3-10(4-2-9)14-5-6-15-8-11(14)7-13/h1-4,11H,5-8,13H2. The average Bonchev–Trinajstić information content (AvgIpc) is 2.30. The fourth-order valence-electron chi connectivity index (χ4n) is 1.82. The minimum absolute atomic E-state index is 0.491. The van der Waals surface area contributed by atoms with Gasteiger partial charge in [-0.1, -0.05) is 15.9 Å².